The summed E-state index contributed by atoms with van der Waals surface area (Å²) in [5.74, 6) is -0.532. The molecule has 1 saturated carbocycles. The van der Waals surface area contributed by atoms with Gasteiger partial charge in [-0.1, -0.05) is 0 Å². The number of likely N-dealkylation sites (tertiary alicyclic amines) is 1. The number of amides is 2. The zero-order valence-electron chi connectivity index (χ0n) is 14.8. The highest BCUT2D eigenvalue weighted by Gasteiger charge is 2.47. The Bertz CT molecular complexity index is 689. The van der Waals surface area contributed by atoms with Crippen molar-refractivity contribution in [1.82, 2.24) is 9.80 Å². The van der Waals surface area contributed by atoms with Crippen molar-refractivity contribution in [2.45, 2.75) is 63.8 Å². The van der Waals surface area contributed by atoms with Gasteiger partial charge in [0.05, 0.1) is 18.9 Å². The Morgan fingerprint density at radius 2 is 1.88 bits per heavy atom. The van der Waals surface area contributed by atoms with Crippen LogP contribution >= 0.6 is 0 Å². The Morgan fingerprint density at radius 1 is 1.28 bits per heavy atom. The van der Waals surface area contributed by atoms with Crippen molar-refractivity contribution in [2.75, 3.05) is 12.8 Å². The molecule has 25 heavy (non-hydrogen) atoms. The Morgan fingerprint density at radius 3 is 2.32 bits per heavy atom. The average Bonchev–Trinajstić information content (AvgIpc) is 3.16. The van der Waals surface area contributed by atoms with Gasteiger partial charge in [-0.05, 0) is 33.6 Å². The average molecular weight is 373 g/mol. The predicted molar refractivity (Wildman–Crippen MR) is 86.5 cm³/mol. The van der Waals surface area contributed by atoms with Gasteiger partial charge in [-0.15, -0.1) is 0 Å². The first-order valence-electron chi connectivity index (χ1n) is 8.02. The molecule has 0 unspecified atom stereocenters. The first kappa shape index (κ1) is 19.5. The molecule has 0 spiro atoms. The molecule has 2 rings (SSSR count). The highest BCUT2D eigenvalue weighted by Crippen LogP contribution is 2.31. The van der Waals surface area contributed by atoms with E-state index in [-0.39, 0.29) is 19.0 Å². The number of nitriles is 1. The third kappa shape index (κ3) is 5.31. The van der Waals surface area contributed by atoms with Gasteiger partial charge in [0.25, 0.3) is 16.0 Å². The van der Waals surface area contributed by atoms with Crippen molar-refractivity contribution in [3.63, 3.8) is 0 Å². The molecule has 2 atom stereocenters. The lowest BCUT2D eigenvalue weighted by molar-refractivity contribution is -0.133. The maximum atomic E-state index is 12.7. The number of ether oxygens (including phenoxy) is 1. The number of nitrogens with zero attached hydrogens (tertiary/aromatic N) is 3. The van der Waals surface area contributed by atoms with Crippen LogP contribution in [0.1, 0.15) is 40.0 Å². The van der Waals surface area contributed by atoms with Gasteiger partial charge in [-0.25, -0.2) is 9.69 Å². The van der Waals surface area contributed by atoms with Crippen LogP contribution in [0.15, 0.2) is 0 Å². The van der Waals surface area contributed by atoms with Crippen molar-refractivity contribution >= 4 is 22.1 Å². The molecule has 0 N–H and O–H groups in total. The van der Waals surface area contributed by atoms with Gasteiger partial charge in [0, 0.05) is 12.5 Å². The van der Waals surface area contributed by atoms with Gasteiger partial charge in [0.1, 0.15) is 11.6 Å². The van der Waals surface area contributed by atoms with E-state index in [1.807, 2.05) is 6.19 Å². The molecule has 2 fully saturated rings. The van der Waals surface area contributed by atoms with Gasteiger partial charge in [-0.3, -0.25) is 13.9 Å². The number of carbonyl (C=O) groups is 2. The Kier molecular flexibility index (Phi) is 5.30. The van der Waals surface area contributed by atoms with Crippen LogP contribution in [0.25, 0.3) is 0 Å². The number of rotatable bonds is 4. The second-order valence-corrected chi connectivity index (χ2v) is 8.95. The quantitative estimate of drug-likeness (QED) is 0.406. The molecule has 2 amide bonds. The Balaban J connectivity index is 2.20. The highest BCUT2D eigenvalue weighted by molar-refractivity contribution is 7.86. The van der Waals surface area contributed by atoms with E-state index in [9.17, 15) is 23.3 Å². The van der Waals surface area contributed by atoms with Crippen molar-refractivity contribution in [3.05, 3.63) is 0 Å². The summed E-state index contributed by atoms with van der Waals surface area (Å²) in [6, 6.07) is -1.13. The molecule has 10 heteroatoms. The molecule has 140 valence electrons. The maximum Gasteiger partial charge on any atom is 0.411 e. The van der Waals surface area contributed by atoms with Crippen molar-refractivity contribution in [2.24, 2.45) is 0 Å². The van der Waals surface area contributed by atoms with E-state index in [2.05, 4.69) is 0 Å². The molecular formula is C15H23N3O6S. The normalized spacial score (nSPS) is 23.9. The van der Waals surface area contributed by atoms with Crippen molar-refractivity contribution in [3.8, 4) is 6.19 Å². The van der Waals surface area contributed by atoms with Gasteiger partial charge in [0.2, 0.25) is 0 Å². The largest absolute Gasteiger partial charge is 0.444 e. The Hall–Kier alpha value is -1.86. The molecule has 1 aliphatic heterocycles. The summed E-state index contributed by atoms with van der Waals surface area (Å²) in [4.78, 5) is 27.3. The highest BCUT2D eigenvalue weighted by atomic mass is 32.2. The monoisotopic (exact) mass is 373 g/mol. The molecule has 9 nitrogen and oxygen atoms in total. The minimum atomic E-state index is -3.74. The van der Waals surface area contributed by atoms with Gasteiger partial charge in [-0.2, -0.15) is 13.7 Å². The fraction of sp³-hybridized carbons (Fsp3) is 0.800. The Labute approximate surface area is 147 Å². The first-order chi connectivity index (χ1) is 11.4. The van der Waals surface area contributed by atoms with Crippen LogP contribution < -0.4 is 0 Å². The van der Waals surface area contributed by atoms with Crippen LogP contribution in [0.5, 0.6) is 0 Å². The lowest BCUT2D eigenvalue weighted by atomic mass is 10.1. The van der Waals surface area contributed by atoms with Gasteiger partial charge >= 0.3 is 6.09 Å². The first-order valence-corrected chi connectivity index (χ1v) is 9.83. The number of carbonyl (C=O) groups excluding carboxylic acids is 2. The third-order valence-corrected chi connectivity index (χ3v) is 4.37. The minimum Gasteiger partial charge on any atom is -0.444 e. The predicted octanol–water partition coefficient (Wildman–Crippen LogP) is 0.813. The molecule has 0 aromatic rings. The number of hydrogen-bond acceptors (Lipinski definition) is 7. The lowest BCUT2D eigenvalue weighted by Gasteiger charge is -2.29. The number of hydrogen-bond donors (Lipinski definition) is 0. The summed E-state index contributed by atoms with van der Waals surface area (Å²) in [5, 5.41) is 9.22. The molecule has 1 heterocycles. The second kappa shape index (κ2) is 6.80. The van der Waals surface area contributed by atoms with E-state index in [1.54, 1.807) is 20.8 Å². The summed E-state index contributed by atoms with van der Waals surface area (Å²) in [6.45, 7) is 4.97. The van der Waals surface area contributed by atoms with E-state index in [0.717, 1.165) is 28.9 Å². The molecule has 2 aliphatic rings. The smallest absolute Gasteiger partial charge is 0.411 e. The molecule has 1 aliphatic carbocycles. The van der Waals surface area contributed by atoms with E-state index in [4.69, 9.17) is 8.92 Å². The summed E-state index contributed by atoms with van der Waals surface area (Å²) in [6.07, 6.45) is 2.65. The van der Waals surface area contributed by atoms with Crippen LogP contribution in [-0.2, 0) is 23.8 Å². The second-order valence-electron chi connectivity index (χ2n) is 7.35. The van der Waals surface area contributed by atoms with Crippen LogP contribution in [0.3, 0.4) is 0 Å². The van der Waals surface area contributed by atoms with Crippen molar-refractivity contribution in [1.29, 1.82) is 5.26 Å². The molecule has 0 bridgehead atoms. The van der Waals surface area contributed by atoms with Crippen LogP contribution in [-0.4, -0.2) is 66.8 Å². The molecule has 0 radical (unpaired) electrons. The molecular weight excluding hydrogens is 350 g/mol. The van der Waals surface area contributed by atoms with Crippen LogP contribution in [0, 0.1) is 11.5 Å². The summed E-state index contributed by atoms with van der Waals surface area (Å²) < 4.78 is 33.0. The van der Waals surface area contributed by atoms with Crippen LogP contribution in [0.4, 0.5) is 4.79 Å². The van der Waals surface area contributed by atoms with E-state index >= 15 is 0 Å². The lowest BCUT2D eigenvalue weighted by Crippen LogP contribution is -2.48. The zero-order valence-corrected chi connectivity index (χ0v) is 15.6. The third-order valence-electron chi connectivity index (χ3n) is 3.74. The molecule has 0 aromatic carbocycles. The van der Waals surface area contributed by atoms with Crippen molar-refractivity contribution < 1.29 is 26.9 Å². The van der Waals surface area contributed by atoms with E-state index in [1.165, 1.54) is 0 Å². The van der Waals surface area contributed by atoms with Gasteiger partial charge < -0.3 is 4.74 Å². The topological polar surface area (TPSA) is 117 Å². The van der Waals surface area contributed by atoms with Crippen LogP contribution in [0.2, 0.25) is 0 Å². The fourth-order valence-corrected chi connectivity index (χ4v) is 3.31. The fourth-order valence-electron chi connectivity index (χ4n) is 2.67. The maximum absolute atomic E-state index is 12.7. The standard InChI is InChI=1S/C15H23N3O6S/c1-15(2,3)23-14(20)17-8-11(24-25(4,21)22)7-12(17)13(19)18(9-16)10-5-6-10/h10-12H,5-8H2,1-4H3/t11-,12-/m0/s1. The summed E-state index contributed by atoms with van der Waals surface area (Å²) >= 11 is 0. The summed E-state index contributed by atoms with van der Waals surface area (Å²) in [5.41, 5.74) is -0.772. The SMILES string of the molecule is CC(C)(C)OC(=O)N1C[C@@H](OS(C)(=O)=O)C[C@H]1C(=O)N(C#N)C1CC1. The van der Waals surface area contributed by atoms with E-state index < -0.39 is 39.9 Å². The molecule has 0 aromatic heterocycles. The van der Waals surface area contributed by atoms with E-state index in [0.29, 0.717) is 0 Å². The minimum absolute atomic E-state index is 0.00392. The van der Waals surface area contributed by atoms with Gasteiger partial charge in [0.15, 0.2) is 6.19 Å². The summed E-state index contributed by atoms with van der Waals surface area (Å²) in [7, 11) is -3.74. The molecule has 1 saturated heterocycles. The zero-order chi connectivity index (χ0) is 19.0.